The number of hydrogen-bond donors (Lipinski definition) is 1. The largest absolute Gasteiger partial charge is 0.416 e. The highest BCUT2D eigenvalue weighted by molar-refractivity contribution is 5.93. The van der Waals surface area contributed by atoms with Crippen LogP contribution in [0.3, 0.4) is 0 Å². The van der Waals surface area contributed by atoms with E-state index in [4.69, 9.17) is 5.73 Å². The van der Waals surface area contributed by atoms with Gasteiger partial charge in [0.05, 0.1) is 5.56 Å². The van der Waals surface area contributed by atoms with Crippen molar-refractivity contribution in [2.45, 2.75) is 19.1 Å². The fraction of sp³-hybridized carbons (Fsp3) is 0.350. The van der Waals surface area contributed by atoms with Crippen LogP contribution in [0.5, 0.6) is 0 Å². The molecule has 0 aliphatic carbocycles. The van der Waals surface area contributed by atoms with Gasteiger partial charge in [0, 0.05) is 43.5 Å². The van der Waals surface area contributed by atoms with Gasteiger partial charge in [-0.1, -0.05) is 12.1 Å². The Hall–Kier alpha value is -2.54. The Bertz CT molecular complexity index is 797. The number of carbonyl (C=O) groups excluding carboxylic acids is 1. The predicted molar refractivity (Wildman–Crippen MR) is 98.6 cm³/mol. The number of nitrogens with zero attached hydrogens (tertiary/aromatic N) is 2. The number of rotatable bonds is 4. The lowest BCUT2D eigenvalue weighted by molar-refractivity contribution is -0.137. The van der Waals surface area contributed by atoms with Gasteiger partial charge in [0.1, 0.15) is 0 Å². The quantitative estimate of drug-likeness (QED) is 0.884. The molecule has 7 heteroatoms. The van der Waals surface area contributed by atoms with Crippen molar-refractivity contribution in [1.29, 1.82) is 0 Å². The van der Waals surface area contributed by atoms with Crippen molar-refractivity contribution in [2.75, 3.05) is 31.1 Å². The molecule has 1 fully saturated rings. The maximum atomic E-state index is 12.9. The molecule has 2 aromatic rings. The van der Waals surface area contributed by atoms with E-state index in [1.54, 1.807) is 18.2 Å². The van der Waals surface area contributed by atoms with Crippen molar-refractivity contribution in [3.05, 3.63) is 65.2 Å². The molecule has 3 rings (SSSR count). The fourth-order valence-corrected chi connectivity index (χ4v) is 3.39. The maximum Gasteiger partial charge on any atom is 0.416 e. The van der Waals surface area contributed by atoms with Crippen LogP contribution in [-0.2, 0) is 6.18 Å². The molecule has 144 valence electrons. The molecule has 1 heterocycles. The first-order valence-electron chi connectivity index (χ1n) is 8.82. The zero-order valence-corrected chi connectivity index (χ0v) is 15.0. The Kier molecular flexibility index (Phi) is 5.41. The van der Waals surface area contributed by atoms with Crippen molar-refractivity contribution in [1.82, 2.24) is 4.90 Å². The molecule has 1 unspecified atom stereocenters. The van der Waals surface area contributed by atoms with Gasteiger partial charge in [-0.3, -0.25) is 9.69 Å². The second-order valence-corrected chi connectivity index (χ2v) is 6.73. The van der Waals surface area contributed by atoms with E-state index < -0.39 is 17.6 Å². The lowest BCUT2D eigenvalue weighted by atomic mass is 10.0. The Labute approximate surface area is 156 Å². The monoisotopic (exact) mass is 377 g/mol. The normalized spacial score (nSPS) is 17.0. The van der Waals surface area contributed by atoms with Crippen LogP contribution in [0.4, 0.5) is 18.9 Å². The predicted octanol–water partition coefficient (Wildman–Crippen LogP) is 3.69. The van der Waals surface area contributed by atoms with E-state index >= 15 is 0 Å². The van der Waals surface area contributed by atoms with Crippen LogP contribution in [0.25, 0.3) is 0 Å². The molecule has 4 nitrogen and oxygen atoms in total. The van der Waals surface area contributed by atoms with Gasteiger partial charge < -0.3 is 10.6 Å². The lowest BCUT2D eigenvalue weighted by Gasteiger charge is -2.39. The van der Waals surface area contributed by atoms with Crippen molar-refractivity contribution in [3.8, 4) is 0 Å². The van der Waals surface area contributed by atoms with Crippen molar-refractivity contribution in [3.63, 3.8) is 0 Å². The third-order valence-corrected chi connectivity index (χ3v) is 5.08. The molecule has 1 aliphatic heterocycles. The summed E-state index contributed by atoms with van der Waals surface area (Å²) in [6, 6.07) is 12.6. The standard InChI is InChI=1S/C20H22F3N3O/c1-14(16-3-2-4-17(13-16)20(21,22)23)25-9-11-26(12-10-25)18-7-5-15(6-8-18)19(24)27/h2-8,13-14H,9-12H2,1H3,(H2,24,27). The number of halogens is 3. The number of hydrogen-bond acceptors (Lipinski definition) is 3. The summed E-state index contributed by atoms with van der Waals surface area (Å²) in [5.41, 5.74) is 6.79. The zero-order chi connectivity index (χ0) is 19.6. The Morgan fingerprint density at radius 2 is 1.67 bits per heavy atom. The second kappa shape index (κ2) is 7.60. The lowest BCUT2D eigenvalue weighted by Crippen LogP contribution is -2.47. The average Bonchev–Trinajstić information content (AvgIpc) is 2.67. The molecule has 0 saturated carbocycles. The molecule has 2 N–H and O–H groups in total. The number of nitrogens with two attached hydrogens (primary N) is 1. The molecule has 2 aromatic carbocycles. The van der Waals surface area contributed by atoms with Gasteiger partial charge in [-0.2, -0.15) is 13.2 Å². The van der Waals surface area contributed by atoms with Gasteiger partial charge in [0.25, 0.3) is 0 Å². The summed E-state index contributed by atoms with van der Waals surface area (Å²) in [7, 11) is 0. The smallest absolute Gasteiger partial charge is 0.369 e. The molecule has 1 amide bonds. The van der Waals surface area contributed by atoms with Gasteiger partial charge in [-0.25, -0.2) is 0 Å². The Morgan fingerprint density at radius 1 is 1.04 bits per heavy atom. The molecular formula is C20H22F3N3O. The van der Waals surface area contributed by atoms with Crippen LogP contribution in [-0.4, -0.2) is 37.0 Å². The number of primary amides is 1. The summed E-state index contributed by atoms with van der Waals surface area (Å²) < 4.78 is 38.8. The third kappa shape index (κ3) is 4.42. The van der Waals surface area contributed by atoms with Crippen molar-refractivity contribution >= 4 is 11.6 Å². The number of anilines is 1. The minimum absolute atomic E-state index is 0.0910. The first kappa shape index (κ1) is 19.2. The molecule has 1 atom stereocenters. The topological polar surface area (TPSA) is 49.6 Å². The summed E-state index contributed by atoms with van der Waals surface area (Å²) in [6.45, 7) is 4.95. The van der Waals surface area contributed by atoms with Crippen LogP contribution >= 0.6 is 0 Å². The summed E-state index contributed by atoms with van der Waals surface area (Å²) in [5.74, 6) is -0.457. The highest BCUT2D eigenvalue weighted by Gasteiger charge is 2.31. The molecule has 1 aliphatic rings. The highest BCUT2D eigenvalue weighted by atomic mass is 19.4. The van der Waals surface area contributed by atoms with Crippen LogP contribution in [0.1, 0.15) is 34.5 Å². The Morgan fingerprint density at radius 3 is 2.22 bits per heavy atom. The summed E-state index contributed by atoms with van der Waals surface area (Å²) in [5, 5.41) is 0. The van der Waals surface area contributed by atoms with Gasteiger partial charge in [0.15, 0.2) is 0 Å². The van der Waals surface area contributed by atoms with Gasteiger partial charge in [0.2, 0.25) is 5.91 Å². The maximum absolute atomic E-state index is 12.9. The van der Waals surface area contributed by atoms with Gasteiger partial charge in [-0.15, -0.1) is 0 Å². The SMILES string of the molecule is CC(c1cccc(C(F)(F)F)c1)N1CCN(c2ccc(C(N)=O)cc2)CC1. The zero-order valence-electron chi connectivity index (χ0n) is 15.0. The minimum Gasteiger partial charge on any atom is -0.369 e. The van der Waals surface area contributed by atoms with Crippen LogP contribution < -0.4 is 10.6 Å². The third-order valence-electron chi connectivity index (χ3n) is 5.08. The number of alkyl halides is 3. The number of piperazine rings is 1. The van der Waals surface area contributed by atoms with Crippen molar-refractivity contribution in [2.24, 2.45) is 5.73 Å². The fourth-order valence-electron chi connectivity index (χ4n) is 3.39. The van der Waals surface area contributed by atoms with E-state index in [2.05, 4.69) is 9.80 Å². The molecule has 0 spiro atoms. The van der Waals surface area contributed by atoms with Crippen LogP contribution in [0.2, 0.25) is 0 Å². The molecule has 1 saturated heterocycles. The van der Waals surface area contributed by atoms with E-state index in [-0.39, 0.29) is 6.04 Å². The molecule has 27 heavy (non-hydrogen) atoms. The van der Waals surface area contributed by atoms with E-state index in [0.717, 1.165) is 37.9 Å². The summed E-state index contributed by atoms with van der Waals surface area (Å²) in [6.07, 6.45) is -4.33. The molecular weight excluding hydrogens is 355 g/mol. The van der Waals surface area contributed by atoms with E-state index in [1.165, 1.54) is 12.1 Å². The summed E-state index contributed by atoms with van der Waals surface area (Å²) in [4.78, 5) is 15.5. The first-order valence-corrected chi connectivity index (χ1v) is 8.82. The number of amides is 1. The molecule has 0 radical (unpaired) electrons. The highest BCUT2D eigenvalue weighted by Crippen LogP contribution is 2.32. The Balaban J connectivity index is 1.64. The second-order valence-electron chi connectivity index (χ2n) is 6.73. The van der Waals surface area contributed by atoms with Crippen molar-refractivity contribution < 1.29 is 18.0 Å². The van der Waals surface area contributed by atoms with Crippen LogP contribution in [0.15, 0.2) is 48.5 Å². The average molecular weight is 377 g/mol. The van der Waals surface area contributed by atoms with Gasteiger partial charge in [-0.05, 0) is 48.9 Å². The molecule has 0 bridgehead atoms. The number of benzene rings is 2. The number of carbonyl (C=O) groups is 1. The minimum atomic E-state index is -4.33. The summed E-state index contributed by atoms with van der Waals surface area (Å²) >= 11 is 0. The molecule has 0 aromatic heterocycles. The van der Waals surface area contributed by atoms with E-state index in [9.17, 15) is 18.0 Å². The first-order chi connectivity index (χ1) is 12.8. The van der Waals surface area contributed by atoms with Crippen LogP contribution in [0, 0.1) is 0 Å². The van der Waals surface area contributed by atoms with E-state index in [1.807, 2.05) is 19.1 Å². The van der Waals surface area contributed by atoms with Gasteiger partial charge >= 0.3 is 6.18 Å². The van der Waals surface area contributed by atoms with E-state index in [0.29, 0.717) is 11.1 Å².